The number of hydrogen-bond donors (Lipinski definition) is 0. The number of carbonyl (C=O) groups excluding carboxylic acids is 3. The van der Waals surface area contributed by atoms with Crippen LogP contribution in [0.25, 0.3) is 0 Å². The molecule has 356 valence electrons. The van der Waals surface area contributed by atoms with E-state index in [4.69, 9.17) is 14.2 Å². The average molecular weight is 865 g/mol. The van der Waals surface area contributed by atoms with Gasteiger partial charge in [0.25, 0.3) is 0 Å². The Bertz CT molecular complexity index is 1180. The van der Waals surface area contributed by atoms with Gasteiger partial charge < -0.3 is 14.2 Å². The van der Waals surface area contributed by atoms with Crippen LogP contribution in [-0.2, 0) is 28.6 Å². The number of rotatable bonds is 46. The zero-order valence-corrected chi connectivity index (χ0v) is 40.6. The molecule has 0 rings (SSSR count). The Balaban J connectivity index is 4.47. The van der Waals surface area contributed by atoms with Crippen molar-refractivity contribution in [3.8, 4) is 0 Å². The number of allylic oxidation sites excluding steroid dienone is 12. The lowest BCUT2D eigenvalue weighted by molar-refractivity contribution is -0.167. The quantitative estimate of drug-likeness (QED) is 0.0262. The first-order valence-corrected chi connectivity index (χ1v) is 25.9. The van der Waals surface area contributed by atoms with Gasteiger partial charge in [0.05, 0.1) is 0 Å². The molecule has 1 atom stereocenters. The second-order valence-electron chi connectivity index (χ2n) is 17.1. The summed E-state index contributed by atoms with van der Waals surface area (Å²) in [5.41, 5.74) is 0. The second-order valence-corrected chi connectivity index (χ2v) is 17.1. The summed E-state index contributed by atoms with van der Waals surface area (Å²) in [6, 6.07) is 0. The molecule has 0 bridgehead atoms. The minimum atomic E-state index is -0.800. The van der Waals surface area contributed by atoms with Gasteiger partial charge in [0.1, 0.15) is 13.2 Å². The number of hydrogen-bond acceptors (Lipinski definition) is 6. The van der Waals surface area contributed by atoms with Gasteiger partial charge in [0.2, 0.25) is 0 Å². The van der Waals surface area contributed by atoms with E-state index in [1.165, 1.54) is 96.3 Å². The topological polar surface area (TPSA) is 78.9 Å². The van der Waals surface area contributed by atoms with E-state index >= 15 is 0 Å². The van der Waals surface area contributed by atoms with E-state index in [0.717, 1.165) is 103 Å². The monoisotopic (exact) mass is 865 g/mol. The minimum Gasteiger partial charge on any atom is -0.462 e. The van der Waals surface area contributed by atoms with E-state index in [1.54, 1.807) is 0 Å². The molecular weight excluding hydrogens is 769 g/mol. The Kier molecular flexibility index (Phi) is 47.9. The lowest BCUT2D eigenvalue weighted by atomic mass is 10.0. The van der Waals surface area contributed by atoms with Crippen molar-refractivity contribution in [3.05, 3.63) is 72.9 Å². The molecule has 0 aromatic carbocycles. The minimum absolute atomic E-state index is 0.0952. The molecule has 0 spiro atoms. The Morgan fingerprint density at radius 2 is 0.629 bits per heavy atom. The SMILES string of the molecule is CC/C=C\C/C=C\C/C=C\C/C=C\CCCCC(=O)OC(COC(=O)CCCCCCC/C=C\C/C=C\CCCCCC)COC(=O)CCCCCCCCCCCCCCC. The van der Waals surface area contributed by atoms with Gasteiger partial charge in [-0.25, -0.2) is 0 Å². The molecule has 0 saturated heterocycles. The second kappa shape index (κ2) is 50.5. The fourth-order valence-electron chi connectivity index (χ4n) is 7.05. The third-order valence-electron chi connectivity index (χ3n) is 10.9. The molecule has 0 aliphatic carbocycles. The van der Waals surface area contributed by atoms with Crippen LogP contribution in [0.4, 0.5) is 0 Å². The van der Waals surface area contributed by atoms with Crippen molar-refractivity contribution in [2.24, 2.45) is 0 Å². The first-order valence-electron chi connectivity index (χ1n) is 25.9. The van der Waals surface area contributed by atoms with E-state index in [1.807, 2.05) is 0 Å². The Labute approximate surface area is 382 Å². The van der Waals surface area contributed by atoms with Gasteiger partial charge in [-0.05, 0) is 89.9 Å². The van der Waals surface area contributed by atoms with Gasteiger partial charge >= 0.3 is 17.9 Å². The molecule has 62 heavy (non-hydrogen) atoms. The maximum Gasteiger partial charge on any atom is 0.306 e. The Morgan fingerprint density at radius 3 is 1.03 bits per heavy atom. The van der Waals surface area contributed by atoms with Crippen LogP contribution >= 0.6 is 0 Å². The number of unbranched alkanes of at least 4 members (excludes halogenated alkanes) is 23. The lowest BCUT2D eigenvalue weighted by Crippen LogP contribution is -2.30. The zero-order chi connectivity index (χ0) is 45.1. The van der Waals surface area contributed by atoms with E-state index < -0.39 is 6.10 Å². The van der Waals surface area contributed by atoms with Gasteiger partial charge in [-0.3, -0.25) is 14.4 Å². The van der Waals surface area contributed by atoms with Crippen LogP contribution in [0, 0.1) is 0 Å². The molecule has 0 heterocycles. The van der Waals surface area contributed by atoms with Crippen molar-refractivity contribution in [2.75, 3.05) is 13.2 Å². The standard InChI is InChI=1S/C56H96O6/c1-4-7-10-13-16-19-22-25-27-29-31-34-37-40-43-46-49-55(58)61-52-53(51-60-54(57)48-45-42-39-36-33-30-24-21-18-15-12-9-6-3)62-56(59)50-47-44-41-38-35-32-28-26-23-20-17-14-11-8-5-2/h8,11,17,19-20,22,26-29,35,38,53H,4-7,9-10,12-16,18,21,23-25,30-34,36-37,39-52H2,1-3H3/b11-8-,20-17-,22-19-,28-26-,29-27-,38-35-. The summed E-state index contributed by atoms with van der Waals surface area (Å²) < 4.78 is 16.8. The maximum absolute atomic E-state index is 12.8. The summed E-state index contributed by atoms with van der Waals surface area (Å²) in [7, 11) is 0. The summed E-state index contributed by atoms with van der Waals surface area (Å²) in [6.45, 7) is 6.46. The lowest BCUT2D eigenvalue weighted by Gasteiger charge is -2.18. The van der Waals surface area contributed by atoms with Crippen molar-refractivity contribution in [1.82, 2.24) is 0 Å². The molecule has 1 unspecified atom stereocenters. The van der Waals surface area contributed by atoms with Crippen molar-refractivity contribution in [1.29, 1.82) is 0 Å². The smallest absolute Gasteiger partial charge is 0.306 e. The van der Waals surface area contributed by atoms with E-state index in [-0.39, 0.29) is 37.5 Å². The molecule has 6 heteroatoms. The predicted octanol–water partition coefficient (Wildman–Crippen LogP) is 17.0. The highest BCUT2D eigenvalue weighted by Crippen LogP contribution is 2.14. The fourth-order valence-corrected chi connectivity index (χ4v) is 7.05. The van der Waals surface area contributed by atoms with Gasteiger partial charge in [-0.2, -0.15) is 0 Å². The highest BCUT2D eigenvalue weighted by molar-refractivity contribution is 5.71. The van der Waals surface area contributed by atoms with E-state index in [2.05, 4.69) is 93.7 Å². The molecule has 0 saturated carbocycles. The van der Waals surface area contributed by atoms with Gasteiger partial charge in [-0.15, -0.1) is 0 Å². The largest absolute Gasteiger partial charge is 0.462 e. The highest BCUT2D eigenvalue weighted by atomic mass is 16.6. The van der Waals surface area contributed by atoms with Crippen molar-refractivity contribution >= 4 is 17.9 Å². The molecule has 6 nitrogen and oxygen atoms in total. The third-order valence-corrected chi connectivity index (χ3v) is 10.9. The first kappa shape index (κ1) is 58.9. The molecule has 0 aliphatic rings. The van der Waals surface area contributed by atoms with E-state index in [0.29, 0.717) is 19.3 Å². The van der Waals surface area contributed by atoms with Crippen molar-refractivity contribution in [2.45, 2.75) is 252 Å². The molecule has 0 aromatic rings. The molecule has 0 aromatic heterocycles. The highest BCUT2D eigenvalue weighted by Gasteiger charge is 2.19. The van der Waals surface area contributed by atoms with Crippen LogP contribution in [0.5, 0.6) is 0 Å². The normalized spacial score (nSPS) is 12.6. The summed E-state index contributed by atoms with van der Waals surface area (Å²) in [6.07, 6.45) is 63.1. The van der Waals surface area contributed by atoms with Crippen molar-refractivity contribution in [3.63, 3.8) is 0 Å². The first-order chi connectivity index (χ1) is 30.5. The Morgan fingerprint density at radius 1 is 0.339 bits per heavy atom. The molecular formula is C56H96O6. The number of carbonyl (C=O) groups is 3. The van der Waals surface area contributed by atoms with Crippen LogP contribution in [0.2, 0.25) is 0 Å². The van der Waals surface area contributed by atoms with Crippen LogP contribution in [0.1, 0.15) is 245 Å². The van der Waals surface area contributed by atoms with Gasteiger partial charge in [0, 0.05) is 19.3 Å². The summed E-state index contributed by atoms with van der Waals surface area (Å²) >= 11 is 0. The summed E-state index contributed by atoms with van der Waals surface area (Å²) in [5, 5.41) is 0. The Hall–Kier alpha value is -3.15. The average Bonchev–Trinajstić information content (AvgIpc) is 3.27. The van der Waals surface area contributed by atoms with Crippen LogP contribution in [0.15, 0.2) is 72.9 Å². The van der Waals surface area contributed by atoms with Crippen LogP contribution in [-0.4, -0.2) is 37.2 Å². The zero-order valence-electron chi connectivity index (χ0n) is 40.6. The summed E-state index contributed by atoms with van der Waals surface area (Å²) in [5.74, 6) is -0.949. The molecule has 0 N–H and O–H groups in total. The number of ether oxygens (including phenoxy) is 3. The third kappa shape index (κ3) is 47.9. The fraction of sp³-hybridized carbons (Fsp3) is 0.732. The molecule has 0 fully saturated rings. The van der Waals surface area contributed by atoms with Crippen LogP contribution in [0.3, 0.4) is 0 Å². The van der Waals surface area contributed by atoms with E-state index in [9.17, 15) is 14.4 Å². The maximum atomic E-state index is 12.8. The molecule has 0 aliphatic heterocycles. The summed E-state index contributed by atoms with van der Waals surface area (Å²) in [4.78, 5) is 38.0. The van der Waals surface area contributed by atoms with Gasteiger partial charge in [0.15, 0.2) is 6.10 Å². The van der Waals surface area contributed by atoms with Crippen molar-refractivity contribution < 1.29 is 28.6 Å². The van der Waals surface area contributed by atoms with Gasteiger partial charge in [-0.1, -0.05) is 209 Å². The molecule has 0 amide bonds. The predicted molar refractivity (Wildman–Crippen MR) is 265 cm³/mol. The van der Waals surface area contributed by atoms with Crippen LogP contribution < -0.4 is 0 Å². The molecule has 0 radical (unpaired) electrons. The number of esters is 3.